The largest absolute Gasteiger partial charge is 0.370 e. The molecular weight excluding hydrogens is 410 g/mol. The molecule has 0 spiro atoms. The Bertz CT molecular complexity index is 1170. The number of fused-ring (bicyclic) bond motifs is 1. The second-order valence-corrected chi connectivity index (χ2v) is 7.58. The quantitative estimate of drug-likeness (QED) is 0.647. The van der Waals surface area contributed by atoms with E-state index < -0.39 is 11.6 Å². The van der Waals surface area contributed by atoms with Crippen molar-refractivity contribution in [2.24, 2.45) is 5.92 Å². The number of carbonyl (C=O) groups is 1. The summed E-state index contributed by atoms with van der Waals surface area (Å²) in [6.07, 6.45) is 2.61. The van der Waals surface area contributed by atoms with E-state index in [0.29, 0.717) is 53.8 Å². The van der Waals surface area contributed by atoms with E-state index >= 15 is 0 Å². The molecule has 8 heteroatoms. The minimum atomic E-state index is -0.544. The number of nitrogens with zero attached hydrogens (tertiary/aromatic N) is 3. The van der Waals surface area contributed by atoms with Crippen molar-refractivity contribution in [1.29, 1.82) is 5.26 Å². The molecule has 0 aliphatic carbocycles. The summed E-state index contributed by atoms with van der Waals surface area (Å²) in [4.78, 5) is 18.8. The van der Waals surface area contributed by atoms with E-state index in [1.54, 1.807) is 6.07 Å². The van der Waals surface area contributed by atoms with Crippen LogP contribution in [0.2, 0.25) is 5.02 Å². The van der Waals surface area contributed by atoms with Crippen LogP contribution in [-0.4, -0.2) is 24.0 Å². The van der Waals surface area contributed by atoms with Gasteiger partial charge in [-0.05, 0) is 49.2 Å². The molecule has 0 unspecified atom stereocenters. The summed E-state index contributed by atoms with van der Waals surface area (Å²) in [5.41, 5.74) is 2.07. The summed E-state index contributed by atoms with van der Waals surface area (Å²) in [5.74, 6) is -1.34. The topological polar surface area (TPSA) is 69.0 Å². The van der Waals surface area contributed by atoms with Crippen molar-refractivity contribution in [3.05, 3.63) is 64.8 Å². The van der Waals surface area contributed by atoms with E-state index in [0.717, 1.165) is 0 Å². The minimum absolute atomic E-state index is 0.0524. The number of pyridine rings is 1. The van der Waals surface area contributed by atoms with Crippen LogP contribution in [0.1, 0.15) is 18.4 Å². The van der Waals surface area contributed by atoms with Gasteiger partial charge in [0, 0.05) is 36.3 Å². The van der Waals surface area contributed by atoms with Crippen molar-refractivity contribution in [3.63, 3.8) is 0 Å². The maximum atomic E-state index is 13.8. The SMILES string of the molecule is N#Cc1cnc2ccc(F)cc2c1N1CCC(C(=O)Nc2ccc(F)c(Cl)c2)CC1. The molecule has 2 heterocycles. The standard InChI is InChI=1S/C22H17ClF2N4O/c23-18-10-16(2-3-19(18)25)28-22(30)13-5-7-29(8-6-13)21-14(11-26)12-27-20-4-1-15(24)9-17(20)21/h1-4,9-10,12-13H,5-8H2,(H,28,30). The Balaban J connectivity index is 1.51. The monoisotopic (exact) mass is 426 g/mol. The molecule has 0 bridgehead atoms. The summed E-state index contributed by atoms with van der Waals surface area (Å²) in [5, 5.41) is 12.8. The second kappa shape index (κ2) is 8.25. The first-order valence-electron chi connectivity index (χ1n) is 9.45. The third-order valence-electron chi connectivity index (χ3n) is 5.29. The van der Waals surface area contributed by atoms with Gasteiger partial charge < -0.3 is 10.2 Å². The zero-order chi connectivity index (χ0) is 21.3. The third-order valence-corrected chi connectivity index (χ3v) is 5.58. The molecule has 4 rings (SSSR count). The molecule has 5 nitrogen and oxygen atoms in total. The molecule has 1 N–H and O–H groups in total. The molecule has 1 aliphatic heterocycles. The van der Waals surface area contributed by atoms with E-state index in [4.69, 9.17) is 11.6 Å². The highest BCUT2D eigenvalue weighted by atomic mass is 35.5. The first-order chi connectivity index (χ1) is 14.5. The van der Waals surface area contributed by atoms with Gasteiger partial charge in [-0.1, -0.05) is 11.6 Å². The lowest BCUT2D eigenvalue weighted by Crippen LogP contribution is -2.38. The predicted molar refractivity (Wildman–Crippen MR) is 111 cm³/mol. The Morgan fingerprint density at radius 2 is 1.97 bits per heavy atom. The van der Waals surface area contributed by atoms with Gasteiger partial charge in [-0.2, -0.15) is 5.26 Å². The van der Waals surface area contributed by atoms with Crippen molar-refractivity contribution in [3.8, 4) is 6.07 Å². The van der Waals surface area contributed by atoms with Gasteiger partial charge in [-0.25, -0.2) is 8.78 Å². The zero-order valence-corrected chi connectivity index (χ0v) is 16.6. The predicted octanol–water partition coefficient (Wildman–Crippen LogP) is 4.89. The van der Waals surface area contributed by atoms with Crippen molar-refractivity contribution >= 4 is 39.8 Å². The first kappa shape index (κ1) is 20.0. The molecule has 3 aromatic rings. The van der Waals surface area contributed by atoms with Crippen molar-refractivity contribution in [1.82, 2.24) is 4.98 Å². The Morgan fingerprint density at radius 3 is 2.67 bits per heavy atom. The number of benzene rings is 2. The lowest BCUT2D eigenvalue weighted by atomic mass is 9.94. The average molecular weight is 427 g/mol. The van der Waals surface area contributed by atoms with Crippen LogP contribution in [0.5, 0.6) is 0 Å². The fourth-order valence-electron chi connectivity index (χ4n) is 3.76. The molecule has 30 heavy (non-hydrogen) atoms. The molecule has 1 aromatic heterocycles. The Labute approximate surface area is 176 Å². The van der Waals surface area contributed by atoms with Gasteiger partial charge >= 0.3 is 0 Å². The van der Waals surface area contributed by atoms with Crippen LogP contribution in [0.15, 0.2) is 42.6 Å². The molecule has 1 amide bonds. The van der Waals surface area contributed by atoms with Crippen molar-refractivity contribution < 1.29 is 13.6 Å². The number of nitriles is 1. The lowest BCUT2D eigenvalue weighted by molar-refractivity contribution is -0.120. The number of halogens is 3. The van der Waals surface area contributed by atoms with Gasteiger partial charge in [-0.15, -0.1) is 0 Å². The van der Waals surface area contributed by atoms with E-state index in [2.05, 4.69) is 16.4 Å². The minimum Gasteiger partial charge on any atom is -0.370 e. The Kier molecular flexibility index (Phi) is 5.51. The number of amides is 1. The van der Waals surface area contributed by atoms with Gasteiger partial charge in [0.05, 0.1) is 21.8 Å². The fourth-order valence-corrected chi connectivity index (χ4v) is 3.94. The summed E-state index contributed by atoms with van der Waals surface area (Å²) >= 11 is 5.77. The molecule has 1 aliphatic rings. The highest BCUT2D eigenvalue weighted by Crippen LogP contribution is 2.33. The molecule has 0 atom stereocenters. The number of nitrogens with one attached hydrogen (secondary N) is 1. The molecule has 0 saturated carbocycles. The maximum Gasteiger partial charge on any atom is 0.227 e. The van der Waals surface area contributed by atoms with Crippen LogP contribution in [0.4, 0.5) is 20.2 Å². The second-order valence-electron chi connectivity index (χ2n) is 7.17. The number of hydrogen-bond acceptors (Lipinski definition) is 4. The molecule has 152 valence electrons. The smallest absolute Gasteiger partial charge is 0.227 e. The number of carbonyl (C=O) groups excluding carboxylic acids is 1. The van der Waals surface area contributed by atoms with Gasteiger partial charge in [-0.3, -0.25) is 9.78 Å². The van der Waals surface area contributed by atoms with Crippen LogP contribution in [0, 0.1) is 28.9 Å². The number of anilines is 2. The van der Waals surface area contributed by atoms with Crippen LogP contribution < -0.4 is 10.2 Å². The van der Waals surface area contributed by atoms with E-state index in [9.17, 15) is 18.8 Å². The summed E-state index contributed by atoms with van der Waals surface area (Å²) < 4.78 is 27.1. The summed E-state index contributed by atoms with van der Waals surface area (Å²) in [6, 6.07) is 10.5. The molecule has 1 saturated heterocycles. The summed E-state index contributed by atoms with van der Waals surface area (Å²) in [7, 11) is 0. The number of rotatable bonds is 3. The van der Waals surface area contributed by atoms with Crippen LogP contribution in [-0.2, 0) is 4.79 Å². The average Bonchev–Trinajstić information content (AvgIpc) is 2.75. The van der Waals surface area contributed by atoms with E-state index in [-0.39, 0.29) is 16.8 Å². The maximum absolute atomic E-state index is 13.8. The lowest BCUT2D eigenvalue weighted by Gasteiger charge is -2.34. The van der Waals surface area contributed by atoms with Crippen LogP contribution >= 0.6 is 11.6 Å². The van der Waals surface area contributed by atoms with E-state index in [1.807, 2.05) is 4.90 Å². The Morgan fingerprint density at radius 1 is 1.20 bits per heavy atom. The van der Waals surface area contributed by atoms with Crippen molar-refractivity contribution in [2.45, 2.75) is 12.8 Å². The van der Waals surface area contributed by atoms with Gasteiger partial charge in [0.25, 0.3) is 0 Å². The molecular formula is C22H17ClF2N4O. The zero-order valence-electron chi connectivity index (χ0n) is 15.8. The molecule has 1 fully saturated rings. The highest BCUT2D eigenvalue weighted by Gasteiger charge is 2.27. The highest BCUT2D eigenvalue weighted by molar-refractivity contribution is 6.31. The van der Waals surface area contributed by atoms with Crippen LogP contribution in [0.3, 0.4) is 0 Å². The third kappa shape index (κ3) is 3.91. The number of aromatic nitrogens is 1. The molecule has 2 aromatic carbocycles. The first-order valence-corrected chi connectivity index (χ1v) is 9.83. The number of hydrogen-bond donors (Lipinski definition) is 1. The van der Waals surface area contributed by atoms with Crippen molar-refractivity contribution in [2.75, 3.05) is 23.3 Å². The van der Waals surface area contributed by atoms with Gasteiger partial charge in [0.15, 0.2) is 0 Å². The normalized spacial score (nSPS) is 14.5. The summed E-state index contributed by atoms with van der Waals surface area (Å²) in [6.45, 7) is 1.07. The van der Waals surface area contributed by atoms with Gasteiger partial charge in [0.2, 0.25) is 5.91 Å². The molecule has 0 radical (unpaired) electrons. The Hall–Kier alpha value is -3.24. The van der Waals surface area contributed by atoms with E-state index in [1.165, 1.54) is 36.5 Å². The van der Waals surface area contributed by atoms with Crippen LogP contribution in [0.25, 0.3) is 10.9 Å². The van der Waals surface area contributed by atoms with Gasteiger partial charge in [0.1, 0.15) is 17.7 Å². The number of piperidine rings is 1. The fraction of sp³-hybridized carbons (Fsp3) is 0.227.